The van der Waals surface area contributed by atoms with Crippen molar-refractivity contribution >= 4 is 144 Å². The molecule has 10 aromatic rings. The molecule has 0 saturated carbocycles. The molecular weight excluding hydrogens is 1520 g/mol. The van der Waals surface area contributed by atoms with Gasteiger partial charge in [0, 0.05) is 92.9 Å². The van der Waals surface area contributed by atoms with Crippen molar-refractivity contribution in [2.75, 3.05) is 0 Å². The van der Waals surface area contributed by atoms with E-state index in [1.807, 2.05) is 68.8 Å². The van der Waals surface area contributed by atoms with E-state index in [0.717, 1.165) is 190 Å². The maximum absolute atomic E-state index is 15.0. The molecule has 0 unspecified atom stereocenters. The molecule has 8 aromatic heterocycles. The molecule has 2 aliphatic carbocycles. The van der Waals surface area contributed by atoms with Gasteiger partial charge in [0.15, 0.2) is 34.8 Å². The lowest BCUT2D eigenvalue weighted by Gasteiger charge is -2.21. The zero-order chi connectivity index (χ0) is 78.2. The Kier molecular flexibility index (Phi) is 29.4. The van der Waals surface area contributed by atoms with Crippen LogP contribution in [0.25, 0.3) is 102 Å². The molecule has 0 amide bonds. The van der Waals surface area contributed by atoms with Crippen molar-refractivity contribution in [2.45, 2.75) is 266 Å². The number of carbonyl (C=O) groups excluding carboxylic acids is 2. The van der Waals surface area contributed by atoms with E-state index in [1.54, 1.807) is 34.8 Å². The van der Waals surface area contributed by atoms with Crippen molar-refractivity contribution in [3.05, 3.63) is 184 Å². The number of aromatic nitrogens is 1. The molecule has 2 aliphatic rings. The number of halogens is 4. The van der Waals surface area contributed by atoms with Crippen LogP contribution in [0.5, 0.6) is 0 Å². The quantitative estimate of drug-likeness (QED) is 0.0125. The number of carbonyl (C=O) groups is 2. The number of ketones is 2. The predicted molar refractivity (Wildman–Crippen MR) is 466 cm³/mol. The Bertz CT molecular complexity index is 5310. The fourth-order valence-corrected chi connectivity index (χ4v) is 25.3. The van der Waals surface area contributed by atoms with Crippen LogP contribution in [0.1, 0.15) is 304 Å². The molecule has 12 rings (SSSR count). The number of hydrogen-bond donors (Lipinski definition) is 0. The first-order valence-electron chi connectivity index (χ1n) is 40.7. The van der Waals surface area contributed by atoms with Crippen LogP contribution in [0.2, 0.25) is 0 Å². The Hall–Kier alpha value is -7.62. The van der Waals surface area contributed by atoms with E-state index < -0.39 is 34.8 Å². The second kappa shape index (κ2) is 39.4. The molecule has 0 saturated heterocycles. The minimum atomic E-state index is -1.16. The smallest absolute Gasteiger partial charge is 0.270 e. The fraction of sp³-hybridized carbons (Fsp3) is 0.441. The number of rotatable bonds is 41. The van der Waals surface area contributed by atoms with E-state index >= 15 is 0 Å². The minimum Gasteiger partial charge on any atom is -0.335 e. The van der Waals surface area contributed by atoms with Crippen LogP contribution in [-0.4, -0.2) is 16.1 Å². The molecule has 18 heteroatoms. The highest BCUT2D eigenvalue weighted by Crippen LogP contribution is 2.56. The molecule has 0 N–H and O–H groups in total. The van der Waals surface area contributed by atoms with Crippen LogP contribution in [0.3, 0.4) is 0 Å². The van der Waals surface area contributed by atoms with Crippen molar-refractivity contribution in [2.24, 2.45) is 0 Å². The van der Waals surface area contributed by atoms with E-state index in [0.29, 0.717) is 0 Å². The van der Waals surface area contributed by atoms with Gasteiger partial charge in [-0.25, -0.2) is 37.8 Å². The third kappa shape index (κ3) is 18.5. The van der Waals surface area contributed by atoms with Gasteiger partial charge in [0.25, 0.3) is 11.4 Å². The maximum atomic E-state index is 15.0. The van der Waals surface area contributed by atoms with Crippen LogP contribution in [-0.2, 0) is 25.7 Å². The average molecular weight is 1620 g/mol. The summed E-state index contributed by atoms with van der Waals surface area (Å²) in [7, 11) is 0. The molecule has 0 radical (unpaired) electrons. The van der Waals surface area contributed by atoms with Crippen molar-refractivity contribution in [3.63, 3.8) is 0 Å². The zero-order valence-electron chi connectivity index (χ0n) is 65.0. The normalized spacial score (nSPS) is 14.5. The first kappa shape index (κ1) is 82.8. The van der Waals surface area contributed by atoms with Crippen LogP contribution in [0, 0.1) is 59.1 Å². The number of hydrogen-bond acceptors (Lipinski definition) is 11. The minimum absolute atomic E-state index is 0.0381. The number of Topliss-reactive ketones (excluding diaryl/α,β-unsaturated/α-hetero) is 2. The SMILES string of the molecule is [C-]#[N+]/C(C#N)=C1\C(=C\c2cc(CCCCCC)c(-c3cc(CCCCCC)c(-c4cc5sc6c7sc(-c8sc(-c9sc(/C=C%10\C(=O)c%11cc(F)c(F)cc%11\C%10=C(\C#N)[N+]#[C-])cc9CCCCCC)cc8CCCCCC)cc7n(C(CCCCCCCC)CCCCCCCC)c6c5s4)s3)s2)C(=O)c2cc(F)c(F)cc21. The number of aryl methyl sites for hydroxylation is 4. The second-order valence-electron chi connectivity index (χ2n) is 30.0. The van der Waals surface area contributed by atoms with Gasteiger partial charge in [-0.15, -0.1) is 79.4 Å². The summed E-state index contributed by atoms with van der Waals surface area (Å²) >= 11 is 12.7. The molecule has 7 nitrogen and oxygen atoms in total. The van der Waals surface area contributed by atoms with Gasteiger partial charge >= 0.3 is 0 Å². The summed E-state index contributed by atoms with van der Waals surface area (Å²) in [6.07, 6.45) is 41.4. The number of benzene rings is 2. The standard InChI is InChI=1S/C93H99F4N5O2S7/c1-9-15-21-27-29-35-41-61(42-36-30-28-22-16-10-2)102-76-53-79(89-59(39-33-25-19-13-5)45-77(107-89)87-57(37-31-23-17-11-3)43-62(105-87)47-68-82(74(55-98)100-7)64-49-70(94)72(96)51-66(64)85(68)103)109-91(76)93-84(102)92-81(111-93)54-80(110-92)90-60(40-34-26-20-14-6)46-78(108-90)88-58(38-32-24-18-12-4)44-63(106-88)48-69-83(75(56-99)101-8)65-50-71(95)73(97)52-67(65)86(69)104/h43-54,61H,9-42H2,1-6H3/b68-47-,69-48-,82-74+,83-75-. The van der Waals surface area contributed by atoms with E-state index in [2.05, 4.69) is 92.2 Å². The number of thiophene rings is 7. The Morgan fingerprint density at radius 1 is 0.405 bits per heavy atom. The van der Waals surface area contributed by atoms with Crippen LogP contribution in [0.4, 0.5) is 17.6 Å². The Labute approximate surface area is 681 Å². The van der Waals surface area contributed by atoms with E-state index in [4.69, 9.17) is 13.1 Å². The molecule has 0 fully saturated rings. The predicted octanol–water partition coefficient (Wildman–Crippen LogP) is 32.0. The molecule has 0 spiro atoms. The Balaban J connectivity index is 1.00. The highest BCUT2D eigenvalue weighted by atomic mass is 32.1. The first-order chi connectivity index (χ1) is 54.1. The number of allylic oxidation sites excluding steroid dienone is 6. The second-order valence-corrected chi connectivity index (χ2v) is 37.4. The topological polar surface area (TPSA) is 95.4 Å². The van der Waals surface area contributed by atoms with Gasteiger partial charge in [-0.05, 0) is 170 Å². The average Bonchev–Trinajstić information content (AvgIpc) is 1.54. The summed E-state index contributed by atoms with van der Waals surface area (Å²) in [4.78, 5) is 46.8. The van der Waals surface area contributed by atoms with Gasteiger partial charge in [0.2, 0.25) is 0 Å². The molecule has 111 heavy (non-hydrogen) atoms. The molecule has 8 heterocycles. The lowest BCUT2D eigenvalue weighted by Crippen LogP contribution is -2.09. The third-order valence-corrected chi connectivity index (χ3v) is 30.9. The summed E-state index contributed by atoms with van der Waals surface area (Å²) < 4.78 is 67.8. The largest absolute Gasteiger partial charge is 0.335 e. The molecular formula is C93H99F4N5O2S7. The summed E-state index contributed by atoms with van der Waals surface area (Å²) in [6, 6.07) is 22.0. The molecule has 0 atom stereocenters. The fourth-order valence-electron chi connectivity index (χ4n) is 16.1. The summed E-state index contributed by atoms with van der Waals surface area (Å²) in [5, 5.41) is 20.4. The van der Waals surface area contributed by atoms with Gasteiger partial charge in [-0.1, -0.05) is 196 Å². The molecule has 0 aliphatic heterocycles. The van der Waals surface area contributed by atoms with Crippen LogP contribution >= 0.6 is 79.4 Å². The lowest BCUT2D eigenvalue weighted by atomic mass is 9.99. The van der Waals surface area contributed by atoms with Crippen molar-refractivity contribution in [1.29, 1.82) is 10.5 Å². The van der Waals surface area contributed by atoms with Gasteiger partial charge in [0.05, 0.1) is 50.4 Å². The van der Waals surface area contributed by atoms with Gasteiger partial charge in [-0.3, -0.25) is 9.59 Å². The summed E-state index contributed by atoms with van der Waals surface area (Å²) in [5.74, 6) is -5.70. The lowest BCUT2D eigenvalue weighted by molar-refractivity contribution is 0.103. The monoisotopic (exact) mass is 1620 g/mol. The molecule has 578 valence electrons. The van der Waals surface area contributed by atoms with Gasteiger partial charge in [-0.2, -0.15) is 0 Å². The number of nitrogens with zero attached hydrogens (tertiary/aromatic N) is 5. The van der Waals surface area contributed by atoms with E-state index in [9.17, 15) is 37.7 Å². The third-order valence-electron chi connectivity index (χ3n) is 21.9. The first-order valence-corrected chi connectivity index (χ1v) is 46.4. The number of fused-ring (bicyclic) bond motifs is 7. The van der Waals surface area contributed by atoms with Gasteiger partial charge < -0.3 is 4.57 Å². The number of nitriles is 2. The Morgan fingerprint density at radius 2 is 0.748 bits per heavy atom. The van der Waals surface area contributed by atoms with Gasteiger partial charge in [0.1, 0.15) is 0 Å². The van der Waals surface area contributed by atoms with Crippen molar-refractivity contribution in [1.82, 2.24) is 4.57 Å². The zero-order valence-corrected chi connectivity index (χ0v) is 70.7. The summed E-state index contributed by atoms with van der Waals surface area (Å²) in [5.41, 5.74) is 7.27. The summed E-state index contributed by atoms with van der Waals surface area (Å²) in [6.45, 7) is 29.4. The highest BCUT2D eigenvalue weighted by Gasteiger charge is 2.37. The Morgan fingerprint density at radius 3 is 1.14 bits per heavy atom. The van der Waals surface area contributed by atoms with Crippen molar-refractivity contribution in [3.8, 4) is 51.2 Å². The maximum Gasteiger partial charge on any atom is 0.270 e. The molecule has 0 bridgehead atoms. The van der Waals surface area contributed by atoms with Crippen molar-refractivity contribution < 1.29 is 27.2 Å². The molecule has 2 aromatic carbocycles. The highest BCUT2D eigenvalue weighted by molar-refractivity contribution is 7.38. The number of unbranched alkanes of at least 4 members (excludes halogenated alkanes) is 22. The van der Waals surface area contributed by atoms with Crippen LogP contribution in [0.15, 0.2) is 83.2 Å². The van der Waals surface area contributed by atoms with E-state index in [-0.39, 0.29) is 62.0 Å². The van der Waals surface area contributed by atoms with Crippen LogP contribution < -0.4 is 0 Å². The van der Waals surface area contributed by atoms with E-state index in [1.165, 1.54) is 154 Å².